The Labute approximate surface area is 209 Å². The minimum atomic E-state index is -1.12. The van der Waals surface area contributed by atoms with Gasteiger partial charge in [0.1, 0.15) is 23.9 Å². The molecule has 8 N–H and O–H groups in total. The van der Waals surface area contributed by atoms with E-state index in [1.165, 1.54) is 17.0 Å². The predicted molar refractivity (Wildman–Crippen MR) is 129 cm³/mol. The number of nitrogens with two attached hydrogens (primary N) is 2. The number of phenolic OH excluding ortho intramolecular Hbond substituents is 1. The Bertz CT molecular complexity index is 966. The monoisotopic (exact) mass is 505 g/mol. The fourth-order valence-electron chi connectivity index (χ4n) is 4.04. The second-order valence-corrected chi connectivity index (χ2v) is 9.30. The van der Waals surface area contributed by atoms with E-state index in [0.29, 0.717) is 18.4 Å². The summed E-state index contributed by atoms with van der Waals surface area (Å²) in [4.78, 5) is 63.0. The Morgan fingerprint density at radius 1 is 1.08 bits per heavy atom. The van der Waals surface area contributed by atoms with Crippen molar-refractivity contribution in [2.75, 3.05) is 6.54 Å². The lowest BCUT2D eigenvalue weighted by Gasteiger charge is -2.30. The summed E-state index contributed by atoms with van der Waals surface area (Å²) >= 11 is 0. The highest BCUT2D eigenvalue weighted by Crippen LogP contribution is 2.20. The molecule has 1 aromatic carbocycles. The molecule has 1 saturated heterocycles. The molecule has 4 unspecified atom stereocenters. The van der Waals surface area contributed by atoms with Crippen LogP contribution in [0.25, 0.3) is 0 Å². The number of likely N-dealkylation sites (tertiary alicyclic amines) is 1. The number of hydrogen-bond acceptors (Lipinski definition) is 7. The van der Waals surface area contributed by atoms with Crippen LogP contribution in [0.15, 0.2) is 24.3 Å². The van der Waals surface area contributed by atoms with Crippen LogP contribution < -0.4 is 22.1 Å². The van der Waals surface area contributed by atoms with Crippen LogP contribution in [0, 0.1) is 5.92 Å². The van der Waals surface area contributed by atoms with E-state index in [4.69, 9.17) is 11.5 Å². The van der Waals surface area contributed by atoms with Crippen LogP contribution in [0.4, 0.5) is 0 Å². The zero-order valence-corrected chi connectivity index (χ0v) is 20.5. The van der Waals surface area contributed by atoms with Crippen molar-refractivity contribution in [2.45, 2.75) is 70.1 Å². The normalized spacial score (nSPS) is 17.8. The Kier molecular flexibility index (Phi) is 10.2. The summed E-state index contributed by atoms with van der Waals surface area (Å²) in [6, 6.07) is 1.89. The Balaban J connectivity index is 2.22. The first kappa shape index (κ1) is 28.6. The van der Waals surface area contributed by atoms with E-state index in [9.17, 15) is 34.2 Å². The molecule has 198 valence electrons. The summed E-state index contributed by atoms with van der Waals surface area (Å²) in [6.45, 7) is 3.66. The van der Waals surface area contributed by atoms with Crippen molar-refractivity contribution in [1.29, 1.82) is 0 Å². The van der Waals surface area contributed by atoms with Gasteiger partial charge in [0, 0.05) is 19.4 Å². The smallest absolute Gasteiger partial charge is 0.326 e. The van der Waals surface area contributed by atoms with Crippen LogP contribution in [-0.2, 0) is 30.4 Å². The Morgan fingerprint density at radius 2 is 1.72 bits per heavy atom. The standard InChI is InChI=1S/C24H35N5O7/c1-13(2)20(28-21(32)16(25)9-10-19(26)31)22(33)27-17(12-14-5-7-15(30)8-6-14)23(34)29-11-3-4-18(29)24(35)36/h5-8,13,16-18,20,30H,3-4,9-12,25H2,1-2H3,(H2,26,31)(H,27,33)(H,28,32)(H,35,36). The van der Waals surface area contributed by atoms with Gasteiger partial charge in [0.15, 0.2) is 0 Å². The molecule has 2 rings (SSSR count). The van der Waals surface area contributed by atoms with Crippen LogP contribution in [-0.4, -0.2) is 75.4 Å². The van der Waals surface area contributed by atoms with E-state index < -0.39 is 53.8 Å². The minimum Gasteiger partial charge on any atom is -0.508 e. The first-order valence-corrected chi connectivity index (χ1v) is 11.9. The summed E-state index contributed by atoms with van der Waals surface area (Å²) in [5.41, 5.74) is 11.5. The SMILES string of the molecule is CC(C)C(NC(=O)C(N)CCC(N)=O)C(=O)NC(Cc1ccc(O)cc1)C(=O)N1CCCC1C(=O)O. The molecule has 0 radical (unpaired) electrons. The lowest BCUT2D eigenvalue weighted by molar-refractivity contribution is -0.149. The van der Waals surface area contributed by atoms with Crippen molar-refractivity contribution >= 4 is 29.6 Å². The molecule has 0 aromatic heterocycles. The molecule has 0 spiro atoms. The van der Waals surface area contributed by atoms with Gasteiger partial charge in [-0.2, -0.15) is 0 Å². The van der Waals surface area contributed by atoms with Crippen LogP contribution in [0.3, 0.4) is 0 Å². The van der Waals surface area contributed by atoms with Gasteiger partial charge in [-0.25, -0.2) is 4.79 Å². The Morgan fingerprint density at radius 3 is 2.28 bits per heavy atom. The molecule has 0 bridgehead atoms. The van der Waals surface area contributed by atoms with E-state index in [0.717, 1.165) is 0 Å². The number of hydrogen-bond donors (Lipinski definition) is 6. The number of nitrogens with zero attached hydrogens (tertiary/aromatic N) is 1. The molecule has 4 atom stereocenters. The number of carboxylic acids is 1. The molecule has 0 saturated carbocycles. The maximum Gasteiger partial charge on any atom is 0.326 e. The zero-order chi connectivity index (χ0) is 27.0. The van der Waals surface area contributed by atoms with Crippen molar-refractivity contribution in [3.05, 3.63) is 29.8 Å². The third-order valence-corrected chi connectivity index (χ3v) is 6.10. The summed E-state index contributed by atoms with van der Waals surface area (Å²) in [5, 5.41) is 24.3. The molecule has 4 amide bonds. The highest BCUT2D eigenvalue weighted by molar-refractivity contribution is 5.94. The lowest BCUT2D eigenvalue weighted by atomic mass is 9.99. The molecule has 0 aliphatic carbocycles. The molecule has 1 fully saturated rings. The number of aromatic hydroxyl groups is 1. The number of rotatable bonds is 12. The second-order valence-electron chi connectivity index (χ2n) is 9.30. The van der Waals surface area contributed by atoms with Crippen LogP contribution >= 0.6 is 0 Å². The number of aliphatic carboxylic acids is 1. The number of benzene rings is 1. The number of carboxylic acid groups (broad SMARTS) is 1. The van der Waals surface area contributed by atoms with Gasteiger partial charge in [0.25, 0.3) is 0 Å². The van der Waals surface area contributed by atoms with E-state index >= 15 is 0 Å². The van der Waals surface area contributed by atoms with Gasteiger partial charge in [-0.1, -0.05) is 26.0 Å². The molecule has 1 heterocycles. The van der Waals surface area contributed by atoms with Crippen LogP contribution in [0.2, 0.25) is 0 Å². The van der Waals surface area contributed by atoms with E-state index in [1.807, 2.05) is 0 Å². The van der Waals surface area contributed by atoms with Crippen LogP contribution in [0.5, 0.6) is 5.75 Å². The molecule has 1 aromatic rings. The maximum atomic E-state index is 13.4. The van der Waals surface area contributed by atoms with Gasteiger partial charge in [-0.15, -0.1) is 0 Å². The van der Waals surface area contributed by atoms with Crippen molar-refractivity contribution < 1.29 is 34.2 Å². The van der Waals surface area contributed by atoms with Crippen molar-refractivity contribution in [3.63, 3.8) is 0 Å². The molecule has 1 aliphatic heterocycles. The zero-order valence-electron chi connectivity index (χ0n) is 20.5. The number of amides is 4. The molecule has 36 heavy (non-hydrogen) atoms. The van der Waals surface area contributed by atoms with E-state index in [-0.39, 0.29) is 37.5 Å². The van der Waals surface area contributed by atoms with Crippen molar-refractivity contribution in [1.82, 2.24) is 15.5 Å². The highest BCUT2D eigenvalue weighted by Gasteiger charge is 2.38. The van der Waals surface area contributed by atoms with Crippen LogP contribution in [0.1, 0.15) is 45.1 Å². The predicted octanol–water partition coefficient (Wildman–Crippen LogP) is -0.771. The second kappa shape index (κ2) is 12.9. The van der Waals surface area contributed by atoms with Crippen molar-refractivity contribution in [2.24, 2.45) is 17.4 Å². The first-order valence-electron chi connectivity index (χ1n) is 11.9. The minimum absolute atomic E-state index is 0.0150. The molecule has 12 heteroatoms. The summed E-state index contributed by atoms with van der Waals surface area (Å²) in [6.07, 6.45) is 0.813. The fraction of sp³-hybridized carbons (Fsp3) is 0.542. The average Bonchev–Trinajstić information content (AvgIpc) is 3.31. The van der Waals surface area contributed by atoms with Crippen molar-refractivity contribution in [3.8, 4) is 5.75 Å². The van der Waals surface area contributed by atoms with Gasteiger partial charge in [0.2, 0.25) is 23.6 Å². The lowest BCUT2D eigenvalue weighted by Crippen LogP contribution is -2.59. The average molecular weight is 506 g/mol. The Hall–Kier alpha value is -3.67. The number of primary amides is 1. The van der Waals surface area contributed by atoms with E-state index in [1.54, 1.807) is 26.0 Å². The van der Waals surface area contributed by atoms with Gasteiger partial charge in [-0.05, 0) is 42.9 Å². The molecule has 1 aliphatic rings. The highest BCUT2D eigenvalue weighted by atomic mass is 16.4. The van der Waals surface area contributed by atoms with Gasteiger partial charge in [0.05, 0.1) is 6.04 Å². The van der Waals surface area contributed by atoms with Gasteiger partial charge >= 0.3 is 5.97 Å². The number of carbonyl (C=O) groups is 5. The summed E-state index contributed by atoms with van der Waals surface area (Å²) in [7, 11) is 0. The molecular weight excluding hydrogens is 470 g/mol. The summed E-state index contributed by atoms with van der Waals surface area (Å²) < 4.78 is 0. The number of phenols is 1. The quantitative estimate of drug-likeness (QED) is 0.212. The number of nitrogens with one attached hydrogen (secondary N) is 2. The number of carbonyl (C=O) groups excluding carboxylic acids is 4. The first-order chi connectivity index (χ1) is 16.9. The topological polar surface area (TPSA) is 205 Å². The van der Waals surface area contributed by atoms with Gasteiger partial charge in [-0.3, -0.25) is 19.2 Å². The fourth-order valence-corrected chi connectivity index (χ4v) is 4.04. The third kappa shape index (κ3) is 7.94. The maximum absolute atomic E-state index is 13.4. The summed E-state index contributed by atoms with van der Waals surface area (Å²) in [5.74, 6) is -3.89. The third-order valence-electron chi connectivity index (χ3n) is 6.10. The largest absolute Gasteiger partial charge is 0.508 e. The van der Waals surface area contributed by atoms with Gasteiger partial charge < -0.3 is 37.2 Å². The van der Waals surface area contributed by atoms with E-state index in [2.05, 4.69) is 10.6 Å². The molecular formula is C24H35N5O7. The molecule has 12 nitrogen and oxygen atoms in total.